The molecule has 0 N–H and O–H groups in total. The molecule has 0 aliphatic heterocycles. The Bertz CT molecular complexity index is 511. The van der Waals surface area contributed by atoms with E-state index in [0.29, 0.717) is 19.6 Å². The van der Waals surface area contributed by atoms with Crippen LogP contribution in [0.3, 0.4) is 0 Å². The van der Waals surface area contributed by atoms with E-state index in [1.807, 2.05) is 56.3 Å². The first-order chi connectivity index (χ1) is 9.71. The first-order valence-electron chi connectivity index (χ1n) is 6.98. The molecule has 1 aliphatic carbocycles. The van der Waals surface area contributed by atoms with Crippen molar-refractivity contribution in [1.82, 2.24) is 0 Å². The number of hydrogen-bond acceptors (Lipinski definition) is 3. The molecule has 0 heterocycles. The van der Waals surface area contributed by atoms with Crippen molar-refractivity contribution >= 4 is 17.1 Å². The Morgan fingerprint density at radius 3 is 2.30 bits per heavy atom. The van der Waals surface area contributed by atoms with Crippen LogP contribution in [-0.4, -0.2) is 23.9 Å². The van der Waals surface area contributed by atoms with Gasteiger partial charge in [-0.05, 0) is 31.1 Å². The molecule has 0 saturated carbocycles. The van der Waals surface area contributed by atoms with E-state index in [4.69, 9.17) is 21.7 Å². The van der Waals surface area contributed by atoms with Crippen molar-refractivity contribution in [3.05, 3.63) is 59.7 Å². The van der Waals surface area contributed by atoms with Crippen molar-refractivity contribution in [3.8, 4) is 0 Å². The van der Waals surface area contributed by atoms with E-state index in [9.17, 15) is 0 Å². The second-order valence-electron chi connectivity index (χ2n) is 4.57. The van der Waals surface area contributed by atoms with Crippen LogP contribution in [0.2, 0.25) is 0 Å². The van der Waals surface area contributed by atoms with E-state index in [0.717, 1.165) is 16.0 Å². The second-order valence-corrected chi connectivity index (χ2v) is 4.98. The Balaban J connectivity index is 2.13. The molecule has 1 aliphatic rings. The van der Waals surface area contributed by atoms with Crippen molar-refractivity contribution in [2.75, 3.05) is 13.2 Å². The zero-order valence-corrected chi connectivity index (χ0v) is 12.8. The molecular formula is C17H20O2S. The maximum absolute atomic E-state index is 5.75. The third-order valence-electron chi connectivity index (χ3n) is 3.20. The lowest BCUT2D eigenvalue weighted by Gasteiger charge is -2.31. The summed E-state index contributed by atoms with van der Waals surface area (Å²) in [7, 11) is 0. The van der Waals surface area contributed by atoms with E-state index >= 15 is 0 Å². The molecule has 0 amide bonds. The monoisotopic (exact) mass is 288 g/mol. The van der Waals surface area contributed by atoms with E-state index in [1.54, 1.807) is 0 Å². The summed E-state index contributed by atoms with van der Waals surface area (Å²) in [6.45, 7) is 5.19. The van der Waals surface area contributed by atoms with Crippen LogP contribution in [0, 0.1) is 0 Å². The number of ether oxygens (including phenoxy) is 2. The molecular weight excluding hydrogens is 268 g/mol. The maximum Gasteiger partial charge on any atom is 0.191 e. The SMILES string of the molecule is CCOC1(OCC)C=CC(C(=S)c2ccccc2)=CC1. The molecule has 0 spiro atoms. The quantitative estimate of drug-likeness (QED) is 0.447. The lowest BCUT2D eigenvalue weighted by atomic mass is 9.96. The minimum Gasteiger partial charge on any atom is -0.346 e. The van der Waals surface area contributed by atoms with Crippen LogP contribution in [-0.2, 0) is 9.47 Å². The zero-order valence-electron chi connectivity index (χ0n) is 12.0. The lowest BCUT2D eigenvalue weighted by molar-refractivity contribution is -0.197. The standard InChI is InChI=1S/C17H20O2S/c1-3-18-17(19-4-2)12-10-15(11-13-17)16(20)14-8-6-5-7-9-14/h5-12H,3-4,13H2,1-2H3. The third kappa shape index (κ3) is 3.42. The molecule has 2 rings (SSSR count). The molecule has 20 heavy (non-hydrogen) atoms. The predicted molar refractivity (Wildman–Crippen MR) is 86.0 cm³/mol. The molecule has 3 heteroatoms. The van der Waals surface area contributed by atoms with Gasteiger partial charge in [-0.3, -0.25) is 0 Å². The molecule has 0 aromatic heterocycles. The fourth-order valence-corrected chi connectivity index (χ4v) is 2.56. The smallest absolute Gasteiger partial charge is 0.191 e. The highest BCUT2D eigenvalue weighted by Crippen LogP contribution is 2.28. The van der Waals surface area contributed by atoms with Gasteiger partial charge in [-0.1, -0.05) is 54.7 Å². The Morgan fingerprint density at radius 2 is 1.80 bits per heavy atom. The molecule has 0 bridgehead atoms. The molecule has 1 aromatic carbocycles. The van der Waals surface area contributed by atoms with E-state index in [2.05, 4.69) is 6.08 Å². The average molecular weight is 288 g/mol. The summed E-state index contributed by atoms with van der Waals surface area (Å²) in [5, 5.41) is 0. The van der Waals surface area contributed by atoms with Crippen molar-refractivity contribution in [2.24, 2.45) is 0 Å². The summed E-state index contributed by atoms with van der Waals surface area (Å²) >= 11 is 5.54. The topological polar surface area (TPSA) is 18.5 Å². The molecule has 0 radical (unpaired) electrons. The van der Waals surface area contributed by atoms with Gasteiger partial charge in [-0.2, -0.15) is 0 Å². The number of benzene rings is 1. The van der Waals surface area contributed by atoms with Gasteiger partial charge in [-0.25, -0.2) is 0 Å². The third-order valence-corrected chi connectivity index (χ3v) is 3.67. The van der Waals surface area contributed by atoms with Gasteiger partial charge in [0, 0.05) is 19.6 Å². The summed E-state index contributed by atoms with van der Waals surface area (Å²) in [6.07, 6.45) is 6.77. The minimum atomic E-state index is -0.626. The molecule has 0 saturated heterocycles. The van der Waals surface area contributed by atoms with Gasteiger partial charge in [0.2, 0.25) is 0 Å². The van der Waals surface area contributed by atoms with E-state index in [1.165, 1.54) is 0 Å². The molecule has 2 nitrogen and oxygen atoms in total. The van der Waals surface area contributed by atoms with Crippen molar-refractivity contribution in [3.63, 3.8) is 0 Å². The van der Waals surface area contributed by atoms with Crippen LogP contribution >= 0.6 is 12.2 Å². The predicted octanol–water partition coefficient (Wildman–Crippen LogP) is 4.06. The van der Waals surface area contributed by atoms with Crippen LogP contribution in [0.25, 0.3) is 0 Å². The Kier molecular flexibility index (Phi) is 5.24. The van der Waals surface area contributed by atoms with Crippen molar-refractivity contribution < 1.29 is 9.47 Å². The number of thiocarbonyl (C=S) groups is 1. The Morgan fingerprint density at radius 1 is 1.15 bits per heavy atom. The van der Waals surface area contributed by atoms with Gasteiger partial charge in [0.25, 0.3) is 0 Å². The van der Waals surface area contributed by atoms with E-state index < -0.39 is 5.79 Å². The van der Waals surface area contributed by atoms with Crippen molar-refractivity contribution in [1.29, 1.82) is 0 Å². The average Bonchev–Trinajstić information content (AvgIpc) is 2.49. The summed E-state index contributed by atoms with van der Waals surface area (Å²) in [4.78, 5) is 0.864. The minimum absolute atomic E-state index is 0.622. The molecule has 0 unspecified atom stereocenters. The van der Waals surface area contributed by atoms with Crippen LogP contribution < -0.4 is 0 Å². The summed E-state index contributed by atoms with van der Waals surface area (Å²) < 4.78 is 11.5. The zero-order chi connectivity index (χ0) is 14.4. The summed E-state index contributed by atoms with van der Waals surface area (Å²) in [6, 6.07) is 10.1. The van der Waals surface area contributed by atoms with Gasteiger partial charge in [0.1, 0.15) is 0 Å². The van der Waals surface area contributed by atoms with Gasteiger partial charge >= 0.3 is 0 Å². The van der Waals surface area contributed by atoms with Gasteiger partial charge in [-0.15, -0.1) is 0 Å². The van der Waals surface area contributed by atoms with Crippen LogP contribution in [0.15, 0.2) is 54.1 Å². The first kappa shape index (κ1) is 15.1. The summed E-state index contributed by atoms with van der Waals surface area (Å²) in [5.74, 6) is -0.626. The van der Waals surface area contributed by atoms with Crippen LogP contribution in [0.5, 0.6) is 0 Å². The highest BCUT2D eigenvalue weighted by molar-refractivity contribution is 7.81. The highest BCUT2D eigenvalue weighted by Gasteiger charge is 2.29. The normalized spacial score (nSPS) is 16.8. The largest absolute Gasteiger partial charge is 0.346 e. The lowest BCUT2D eigenvalue weighted by Crippen LogP contribution is -2.35. The molecule has 1 aromatic rings. The van der Waals surface area contributed by atoms with Crippen LogP contribution in [0.1, 0.15) is 25.8 Å². The fraction of sp³-hybridized carbons (Fsp3) is 0.353. The highest BCUT2D eigenvalue weighted by atomic mass is 32.1. The number of hydrogen-bond donors (Lipinski definition) is 0. The Labute approximate surface area is 126 Å². The fourth-order valence-electron chi connectivity index (χ4n) is 2.27. The molecule has 106 valence electrons. The molecule has 0 atom stereocenters. The van der Waals surface area contributed by atoms with Gasteiger partial charge in [0.15, 0.2) is 5.79 Å². The van der Waals surface area contributed by atoms with Gasteiger partial charge < -0.3 is 9.47 Å². The number of rotatable bonds is 6. The van der Waals surface area contributed by atoms with Crippen molar-refractivity contribution in [2.45, 2.75) is 26.1 Å². The maximum atomic E-state index is 5.75. The Hall–Kier alpha value is -1.29. The summed E-state index contributed by atoms with van der Waals surface area (Å²) in [5.41, 5.74) is 2.12. The van der Waals surface area contributed by atoms with Gasteiger partial charge in [0.05, 0.1) is 4.86 Å². The number of allylic oxidation sites excluding steroid dienone is 2. The van der Waals surface area contributed by atoms with E-state index in [-0.39, 0.29) is 0 Å². The second kappa shape index (κ2) is 6.93. The first-order valence-corrected chi connectivity index (χ1v) is 7.38. The molecule has 0 fully saturated rings. The van der Waals surface area contributed by atoms with Crippen LogP contribution in [0.4, 0.5) is 0 Å².